The van der Waals surface area contributed by atoms with Gasteiger partial charge in [0.1, 0.15) is 0 Å². The van der Waals surface area contributed by atoms with Crippen LogP contribution in [0.2, 0.25) is 0 Å². The van der Waals surface area contributed by atoms with E-state index < -0.39 is 11.6 Å². The Morgan fingerprint density at radius 3 is 2.42 bits per heavy atom. The number of piperidine rings is 1. The molecule has 1 aromatic carbocycles. The lowest BCUT2D eigenvalue weighted by atomic mass is 9.92. The van der Waals surface area contributed by atoms with Gasteiger partial charge in [-0.15, -0.1) is 0 Å². The normalized spacial score (nSPS) is 20.9. The molecule has 1 saturated heterocycles. The molecule has 1 atom stereocenters. The first-order valence-corrected chi connectivity index (χ1v) is 6.72. The second-order valence-corrected chi connectivity index (χ2v) is 5.53. The van der Waals surface area contributed by atoms with Crippen molar-refractivity contribution in [3.8, 4) is 0 Å². The molecular weight excluding hydrogens is 242 g/mol. The van der Waals surface area contributed by atoms with Gasteiger partial charge in [-0.3, -0.25) is 4.79 Å². The third-order valence-electron chi connectivity index (χ3n) is 3.86. The maximum absolute atomic E-state index is 10.9. The molecule has 1 unspecified atom stereocenters. The SMILES string of the molecule is CC(O)(CN1CCC(C(=O)O)CC1)c1ccccc1. The summed E-state index contributed by atoms with van der Waals surface area (Å²) in [4.78, 5) is 13.0. The summed E-state index contributed by atoms with van der Waals surface area (Å²) in [7, 11) is 0. The third kappa shape index (κ3) is 3.55. The van der Waals surface area contributed by atoms with E-state index in [9.17, 15) is 9.90 Å². The summed E-state index contributed by atoms with van der Waals surface area (Å²) >= 11 is 0. The number of rotatable bonds is 4. The maximum Gasteiger partial charge on any atom is 0.306 e. The Morgan fingerprint density at radius 1 is 1.32 bits per heavy atom. The molecular formula is C15H21NO3. The van der Waals surface area contributed by atoms with E-state index >= 15 is 0 Å². The fourth-order valence-corrected chi connectivity index (χ4v) is 2.66. The molecule has 0 aromatic heterocycles. The van der Waals surface area contributed by atoms with Gasteiger partial charge in [0.25, 0.3) is 0 Å². The number of carboxylic acids is 1. The van der Waals surface area contributed by atoms with Gasteiger partial charge in [0.15, 0.2) is 0 Å². The highest BCUT2D eigenvalue weighted by atomic mass is 16.4. The number of hydrogen-bond donors (Lipinski definition) is 2. The summed E-state index contributed by atoms with van der Waals surface area (Å²) in [6.07, 6.45) is 1.33. The van der Waals surface area contributed by atoms with E-state index in [1.807, 2.05) is 37.3 Å². The molecule has 0 radical (unpaired) electrons. The molecule has 4 nitrogen and oxygen atoms in total. The molecule has 19 heavy (non-hydrogen) atoms. The Hall–Kier alpha value is -1.39. The van der Waals surface area contributed by atoms with Crippen LogP contribution in [0.1, 0.15) is 25.3 Å². The van der Waals surface area contributed by atoms with Crippen molar-refractivity contribution in [2.45, 2.75) is 25.4 Å². The van der Waals surface area contributed by atoms with Crippen LogP contribution in [0.4, 0.5) is 0 Å². The Bertz CT molecular complexity index is 422. The highest BCUT2D eigenvalue weighted by molar-refractivity contribution is 5.70. The van der Waals surface area contributed by atoms with Crippen LogP contribution in [0, 0.1) is 5.92 Å². The highest BCUT2D eigenvalue weighted by Gasteiger charge is 2.30. The Labute approximate surface area is 113 Å². The van der Waals surface area contributed by atoms with E-state index in [1.165, 1.54) is 0 Å². The summed E-state index contributed by atoms with van der Waals surface area (Å²) < 4.78 is 0. The molecule has 0 aliphatic carbocycles. The monoisotopic (exact) mass is 263 g/mol. The number of carboxylic acid groups (broad SMARTS) is 1. The Kier molecular flexibility index (Phi) is 4.22. The van der Waals surface area contributed by atoms with Gasteiger partial charge >= 0.3 is 5.97 Å². The van der Waals surface area contributed by atoms with Crippen LogP contribution in [-0.4, -0.2) is 40.7 Å². The van der Waals surface area contributed by atoms with Gasteiger partial charge < -0.3 is 15.1 Å². The minimum Gasteiger partial charge on any atom is -0.481 e. The molecule has 104 valence electrons. The predicted octanol–water partition coefficient (Wildman–Crippen LogP) is 1.69. The minimum atomic E-state index is -0.892. The molecule has 0 spiro atoms. The average Bonchev–Trinajstić information content (AvgIpc) is 2.40. The number of aliphatic hydroxyl groups is 1. The van der Waals surface area contributed by atoms with Crippen molar-refractivity contribution < 1.29 is 15.0 Å². The van der Waals surface area contributed by atoms with Gasteiger partial charge in [0, 0.05) is 6.54 Å². The van der Waals surface area contributed by atoms with E-state index in [2.05, 4.69) is 4.90 Å². The van der Waals surface area contributed by atoms with Gasteiger partial charge in [-0.05, 0) is 38.4 Å². The zero-order valence-electron chi connectivity index (χ0n) is 11.2. The second-order valence-electron chi connectivity index (χ2n) is 5.53. The van der Waals surface area contributed by atoms with Crippen molar-refractivity contribution in [3.05, 3.63) is 35.9 Å². The highest BCUT2D eigenvalue weighted by Crippen LogP contribution is 2.25. The zero-order valence-corrected chi connectivity index (χ0v) is 11.2. The molecule has 1 heterocycles. The van der Waals surface area contributed by atoms with Gasteiger partial charge in [-0.2, -0.15) is 0 Å². The predicted molar refractivity (Wildman–Crippen MR) is 72.8 cm³/mol. The number of aliphatic carboxylic acids is 1. The van der Waals surface area contributed by atoms with E-state index in [-0.39, 0.29) is 5.92 Å². The molecule has 1 fully saturated rings. The van der Waals surface area contributed by atoms with Gasteiger partial charge in [-0.25, -0.2) is 0 Å². The van der Waals surface area contributed by atoms with E-state index in [1.54, 1.807) is 0 Å². The Morgan fingerprint density at radius 2 is 1.89 bits per heavy atom. The van der Waals surface area contributed by atoms with Crippen molar-refractivity contribution in [2.24, 2.45) is 5.92 Å². The number of likely N-dealkylation sites (tertiary alicyclic amines) is 1. The van der Waals surface area contributed by atoms with Crippen molar-refractivity contribution in [2.75, 3.05) is 19.6 Å². The number of carbonyl (C=O) groups is 1. The van der Waals surface area contributed by atoms with Gasteiger partial charge in [-0.1, -0.05) is 30.3 Å². The van der Waals surface area contributed by atoms with Crippen molar-refractivity contribution in [1.82, 2.24) is 4.90 Å². The minimum absolute atomic E-state index is 0.224. The van der Waals surface area contributed by atoms with Crippen molar-refractivity contribution in [1.29, 1.82) is 0 Å². The standard InChI is InChI=1S/C15H21NO3/c1-15(19,13-5-3-2-4-6-13)11-16-9-7-12(8-10-16)14(17)18/h2-6,12,19H,7-11H2,1H3,(H,17,18). The fraction of sp³-hybridized carbons (Fsp3) is 0.533. The Balaban J connectivity index is 1.93. The lowest BCUT2D eigenvalue weighted by molar-refractivity contribution is -0.143. The molecule has 1 aliphatic heterocycles. The van der Waals surface area contributed by atoms with Crippen LogP contribution in [0.15, 0.2) is 30.3 Å². The van der Waals surface area contributed by atoms with Crippen LogP contribution in [-0.2, 0) is 10.4 Å². The molecule has 0 bridgehead atoms. The topological polar surface area (TPSA) is 60.8 Å². The van der Waals surface area contributed by atoms with Crippen molar-refractivity contribution in [3.63, 3.8) is 0 Å². The van der Waals surface area contributed by atoms with E-state index in [4.69, 9.17) is 5.11 Å². The first-order valence-electron chi connectivity index (χ1n) is 6.72. The van der Waals surface area contributed by atoms with Crippen LogP contribution in [0.3, 0.4) is 0 Å². The quantitative estimate of drug-likeness (QED) is 0.868. The number of hydrogen-bond acceptors (Lipinski definition) is 3. The average molecular weight is 263 g/mol. The van der Waals surface area contributed by atoms with Crippen LogP contribution in [0.5, 0.6) is 0 Å². The van der Waals surface area contributed by atoms with Gasteiger partial charge in [0.2, 0.25) is 0 Å². The van der Waals surface area contributed by atoms with Crippen LogP contribution in [0.25, 0.3) is 0 Å². The first kappa shape index (κ1) is 14.0. The number of β-amino-alcohol motifs (C(OH)–C–C–N with tert-alkyl or cyclic N) is 1. The van der Waals surface area contributed by atoms with Gasteiger partial charge in [0.05, 0.1) is 11.5 Å². The molecule has 0 saturated carbocycles. The lowest BCUT2D eigenvalue weighted by Gasteiger charge is -2.35. The number of nitrogens with zero attached hydrogens (tertiary/aromatic N) is 1. The largest absolute Gasteiger partial charge is 0.481 e. The molecule has 1 aliphatic rings. The molecule has 2 rings (SSSR count). The summed E-state index contributed by atoms with van der Waals surface area (Å²) in [5, 5.41) is 19.5. The summed E-state index contributed by atoms with van der Waals surface area (Å²) in [5.74, 6) is -0.924. The lowest BCUT2D eigenvalue weighted by Crippen LogP contribution is -2.44. The van der Waals surface area contributed by atoms with Crippen LogP contribution < -0.4 is 0 Å². The maximum atomic E-state index is 10.9. The first-order chi connectivity index (χ1) is 8.99. The van der Waals surface area contributed by atoms with Crippen molar-refractivity contribution >= 4 is 5.97 Å². The number of benzene rings is 1. The molecule has 0 amide bonds. The second kappa shape index (κ2) is 5.72. The molecule has 1 aromatic rings. The fourth-order valence-electron chi connectivity index (χ4n) is 2.66. The summed E-state index contributed by atoms with van der Waals surface area (Å²) in [6.45, 7) is 3.83. The molecule has 4 heteroatoms. The van der Waals surface area contributed by atoms with E-state index in [0.29, 0.717) is 19.4 Å². The summed E-state index contributed by atoms with van der Waals surface area (Å²) in [5.41, 5.74) is 0.00693. The summed E-state index contributed by atoms with van der Waals surface area (Å²) in [6, 6.07) is 9.60. The van der Waals surface area contributed by atoms with Crippen LogP contribution >= 0.6 is 0 Å². The third-order valence-corrected chi connectivity index (χ3v) is 3.86. The van der Waals surface area contributed by atoms with E-state index in [0.717, 1.165) is 18.7 Å². The smallest absolute Gasteiger partial charge is 0.306 e. The zero-order chi connectivity index (χ0) is 13.9. The molecule has 2 N–H and O–H groups in total.